The highest BCUT2D eigenvalue weighted by molar-refractivity contribution is 14.1. The van der Waals surface area contributed by atoms with Crippen LogP contribution in [0.4, 0.5) is 10.2 Å². The number of benzene rings is 1. The number of nitrogens with zero attached hydrogens (tertiary/aromatic N) is 3. The maximum atomic E-state index is 13.7. The quantitative estimate of drug-likeness (QED) is 0.435. The number of rotatable bonds is 7. The minimum atomic E-state index is -0.309. The Morgan fingerprint density at radius 1 is 1.32 bits per heavy atom. The molecule has 132 valence electrons. The number of anilines is 1. The summed E-state index contributed by atoms with van der Waals surface area (Å²) in [7, 11) is 1.61. The van der Waals surface area contributed by atoms with Gasteiger partial charge in [0.15, 0.2) is 5.65 Å². The number of nitrogens with one attached hydrogen (secondary N) is 1. The Bertz CT molecular complexity index is 871. The maximum Gasteiger partial charge on any atom is 0.170 e. The predicted octanol–water partition coefficient (Wildman–Crippen LogP) is 3.67. The van der Waals surface area contributed by atoms with Gasteiger partial charge in [0, 0.05) is 18.9 Å². The summed E-state index contributed by atoms with van der Waals surface area (Å²) < 4.78 is 27.1. The van der Waals surface area contributed by atoms with Crippen molar-refractivity contribution in [2.75, 3.05) is 25.6 Å². The number of aromatic nitrogens is 3. The molecule has 2 aromatic heterocycles. The SMILES string of the molecule is COCCOc1ccc(F)cc1C(C)Nc1ccn2ncc(I)c2n1. The van der Waals surface area contributed by atoms with Gasteiger partial charge in [0.1, 0.15) is 24.0 Å². The molecule has 2 heterocycles. The number of halogens is 2. The number of hydrogen-bond acceptors (Lipinski definition) is 5. The fourth-order valence-electron chi connectivity index (χ4n) is 2.45. The van der Waals surface area contributed by atoms with Crippen LogP contribution >= 0.6 is 22.6 Å². The number of fused-ring (bicyclic) bond motifs is 1. The number of hydrogen-bond donors (Lipinski definition) is 1. The first-order chi connectivity index (χ1) is 12.1. The lowest BCUT2D eigenvalue weighted by atomic mass is 10.1. The maximum absolute atomic E-state index is 13.7. The molecule has 3 rings (SSSR count). The summed E-state index contributed by atoms with van der Waals surface area (Å²) in [5.74, 6) is 1.00. The average molecular weight is 456 g/mol. The average Bonchev–Trinajstić information content (AvgIpc) is 2.97. The third-order valence-corrected chi connectivity index (χ3v) is 4.43. The van der Waals surface area contributed by atoms with E-state index in [0.717, 1.165) is 14.8 Å². The summed E-state index contributed by atoms with van der Waals surface area (Å²) in [5, 5.41) is 7.49. The normalized spacial score (nSPS) is 12.3. The van der Waals surface area contributed by atoms with Crippen LogP contribution in [-0.2, 0) is 4.74 Å². The summed E-state index contributed by atoms with van der Waals surface area (Å²) >= 11 is 2.19. The summed E-state index contributed by atoms with van der Waals surface area (Å²) in [6, 6.07) is 6.13. The Hall–Kier alpha value is -1.94. The molecule has 0 radical (unpaired) electrons. The van der Waals surface area contributed by atoms with E-state index in [1.54, 1.807) is 23.9 Å². The Labute approximate surface area is 158 Å². The van der Waals surface area contributed by atoms with Crippen LogP contribution in [0.3, 0.4) is 0 Å². The van der Waals surface area contributed by atoms with Crippen LogP contribution in [0, 0.1) is 9.39 Å². The number of methoxy groups -OCH3 is 1. The van der Waals surface area contributed by atoms with Gasteiger partial charge >= 0.3 is 0 Å². The Balaban J connectivity index is 1.82. The summed E-state index contributed by atoms with van der Waals surface area (Å²) in [6.45, 7) is 2.81. The molecule has 0 bridgehead atoms. The summed E-state index contributed by atoms with van der Waals surface area (Å²) in [6.07, 6.45) is 3.59. The van der Waals surface area contributed by atoms with Crippen molar-refractivity contribution in [3.63, 3.8) is 0 Å². The smallest absolute Gasteiger partial charge is 0.170 e. The predicted molar refractivity (Wildman–Crippen MR) is 102 cm³/mol. The fourth-order valence-corrected chi connectivity index (χ4v) is 2.94. The highest BCUT2D eigenvalue weighted by atomic mass is 127. The topological polar surface area (TPSA) is 60.7 Å². The van der Waals surface area contributed by atoms with E-state index in [1.807, 2.05) is 19.2 Å². The van der Waals surface area contributed by atoms with Gasteiger partial charge in [-0.3, -0.25) is 0 Å². The van der Waals surface area contributed by atoms with Gasteiger partial charge in [-0.25, -0.2) is 13.9 Å². The Morgan fingerprint density at radius 3 is 2.96 bits per heavy atom. The molecule has 0 spiro atoms. The van der Waals surface area contributed by atoms with E-state index >= 15 is 0 Å². The van der Waals surface area contributed by atoms with Crippen molar-refractivity contribution in [1.29, 1.82) is 0 Å². The van der Waals surface area contributed by atoms with Crippen LogP contribution in [0.5, 0.6) is 5.75 Å². The lowest BCUT2D eigenvalue weighted by Gasteiger charge is -2.19. The zero-order chi connectivity index (χ0) is 17.8. The van der Waals surface area contributed by atoms with Gasteiger partial charge in [-0.05, 0) is 53.8 Å². The van der Waals surface area contributed by atoms with E-state index in [4.69, 9.17) is 9.47 Å². The molecule has 0 aliphatic carbocycles. The summed E-state index contributed by atoms with van der Waals surface area (Å²) in [5.41, 5.74) is 1.49. The van der Waals surface area contributed by atoms with Gasteiger partial charge < -0.3 is 14.8 Å². The minimum absolute atomic E-state index is 0.191. The third-order valence-electron chi connectivity index (χ3n) is 3.67. The van der Waals surface area contributed by atoms with E-state index in [-0.39, 0.29) is 11.9 Å². The molecular weight excluding hydrogens is 438 g/mol. The van der Waals surface area contributed by atoms with E-state index in [2.05, 4.69) is 38.0 Å². The van der Waals surface area contributed by atoms with Crippen molar-refractivity contribution in [3.8, 4) is 5.75 Å². The van der Waals surface area contributed by atoms with E-state index in [1.165, 1.54) is 12.1 Å². The monoisotopic (exact) mass is 456 g/mol. The first-order valence-corrected chi connectivity index (χ1v) is 8.84. The highest BCUT2D eigenvalue weighted by Crippen LogP contribution is 2.28. The molecule has 1 aromatic carbocycles. The van der Waals surface area contributed by atoms with Crippen molar-refractivity contribution in [2.45, 2.75) is 13.0 Å². The standard InChI is InChI=1S/C17H18FIN4O2/c1-11(13-9-12(18)3-4-15(13)25-8-7-24-2)21-16-5-6-23-17(22-16)14(19)10-20-23/h3-6,9-11H,7-8H2,1-2H3,(H,21,22). The van der Waals surface area contributed by atoms with Gasteiger partial charge in [-0.15, -0.1) is 0 Å². The molecule has 1 unspecified atom stereocenters. The van der Waals surface area contributed by atoms with E-state index < -0.39 is 0 Å². The van der Waals surface area contributed by atoms with Crippen LogP contribution in [0.1, 0.15) is 18.5 Å². The first kappa shape index (κ1) is 17.9. The van der Waals surface area contributed by atoms with Gasteiger partial charge in [0.05, 0.1) is 22.4 Å². The van der Waals surface area contributed by atoms with Crippen molar-refractivity contribution in [2.24, 2.45) is 0 Å². The third kappa shape index (κ3) is 4.18. The van der Waals surface area contributed by atoms with Crippen molar-refractivity contribution in [3.05, 3.63) is 51.6 Å². The first-order valence-electron chi connectivity index (χ1n) is 7.76. The number of ether oxygens (including phenoxy) is 2. The van der Waals surface area contributed by atoms with Crippen LogP contribution < -0.4 is 10.1 Å². The molecule has 0 aliphatic rings. The second-order valence-electron chi connectivity index (χ2n) is 5.46. The largest absolute Gasteiger partial charge is 0.491 e. The molecule has 1 N–H and O–H groups in total. The van der Waals surface area contributed by atoms with Crippen LogP contribution in [0.25, 0.3) is 5.65 Å². The zero-order valence-electron chi connectivity index (χ0n) is 13.9. The molecule has 6 nitrogen and oxygen atoms in total. The zero-order valence-corrected chi connectivity index (χ0v) is 16.0. The lowest BCUT2D eigenvalue weighted by Crippen LogP contribution is -2.12. The molecule has 0 fully saturated rings. The van der Waals surface area contributed by atoms with Crippen molar-refractivity contribution < 1.29 is 13.9 Å². The molecule has 0 aliphatic heterocycles. The van der Waals surface area contributed by atoms with Crippen LogP contribution in [0.2, 0.25) is 0 Å². The minimum Gasteiger partial charge on any atom is -0.491 e. The van der Waals surface area contributed by atoms with Gasteiger partial charge in [0.2, 0.25) is 0 Å². The molecular formula is C17H18FIN4O2. The van der Waals surface area contributed by atoms with E-state index in [0.29, 0.717) is 24.8 Å². The van der Waals surface area contributed by atoms with E-state index in [9.17, 15) is 4.39 Å². The van der Waals surface area contributed by atoms with Crippen LogP contribution in [-0.4, -0.2) is 34.9 Å². The molecule has 3 aromatic rings. The van der Waals surface area contributed by atoms with Gasteiger partial charge in [0.25, 0.3) is 0 Å². The second kappa shape index (κ2) is 7.96. The second-order valence-corrected chi connectivity index (χ2v) is 6.63. The molecule has 25 heavy (non-hydrogen) atoms. The molecule has 0 saturated carbocycles. The fraction of sp³-hybridized carbons (Fsp3) is 0.294. The molecule has 0 saturated heterocycles. The van der Waals surface area contributed by atoms with Gasteiger partial charge in [-0.2, -0.15) is 5.10 Å². The highest BCUT2D eigenvalue weighted by Gasteiger charge is 2.14. The van der Waals surface area contributed by atoms with Crippen LogP contribution in [0.15, 0.2) is 36.7 Å². The molecule has 0 amide bonds. The molecule has 8 heteroatoms. The summed E-state index contributed by atoms with van der Waals surface area (Å²) in [4.78, 5) is 4.56. The van der Waals surface area contributed by atoms with Gasteiger partial charge in [-0.1, -0.05) is 0 Å². The Morgan fingerprint density at radius 2 is 2.16 bits per heavy atom. The lowest BCUT2D eigenvalue weighted by molar-refractivity contribution is 0.145. The van der Waals surface area contributed by atoms with Crippen molar-refractivity contribution >= 4 is 34.1 Å². The molecule has 1 atom stereocenters. The van der Waals surface area contributed by atoms with Crippen molar-refractivity contribution in [1.82, 2.24) is 14.6 Å². The Kier molecular flexibility index (Phi) is 5.69.